The van der Waals surface area contributed by atoms with E-state index in [1.165, 1.54) is 13.0 Å². The number of halogens is 3. The molecule has 1 aliphatic heterocycles. The molecule has 7 heteroatoms. The van der Waals surface area contributed by atoms with Crippen LogP contribution in [0.1, 0.15) is 35.4 Å². The third-order valence-electron chi connectivity index (χ3n) is 4.24. The number of hydrogen-bond acceptors (Lipinski definition) is 4. The van der Waals surface area contributed by atoms with Crippen LogP contribution in [-0.4, -0.2) is 23.9 Å². The lowest BCUT2D eigenvalue weighted by Gasteiger charge is -2.26. The van der Waals surface area contributed by atoms with Crippen LogP contribution in [0.2, 0.25) is 10.0 Å². The molecule has 1 aliphatic rings. The number of carbonyl (C=O) groups excluding carboxylic acids is 1. The number of aromatic nitrogens is 1. The summed E-state index contributed by atoms with van der Waals surface area (Å²) in [5.41, 5.74) is 0.851. The largest absolute Gasteiger partial charge is 0.485 e. The summed E-state index contributed by atoms with van der Waals surface area (Å²) in [4.78, 5) is 15.9. The van der Waals surface area contributed by atoms with Gasteiger partial charge in [0, 0.05) is 24.2 Å². The number of ketones is 1. The number of pyridine rings is 1. The first kappa shape index (κ1) is 18.1. The van der Waals surface area contributed by atoms with Crippen molar-refractivity contribution in [1.29, 1.82) is 0 Å². The third-order valence-corrected chi connectivity index (χ3v) is 5.05. The maximum absolute atomic E-state index is 13.7. The normalized spacial score (nSPS) is 18.2. The highest BCUT2D eigenvalue weighted by molar-refractivity contribution is 6.44. The van der Waals surface area contributed by atoms with Crippen LogP contribution in [0.25, 0.3) is 0 Å². The standard InChI is InChI=1S/C18H17Cl2FN2O2/c1-10(24)16-15(3-2-14(19)17(16)20)25-18(11-4-5-22-7-11)12-6-13(21)9-23-8-12/h2-3,6,8-9,11,18,22H,4-5,7H2,1H3. The van der Waals surface area contributed by atoms with Crippen LogP contribution >= 0.6 is 23.2 Å². The van der Waals surface area contributed by atoms with Crippen molar-refractivity contribution in [2.75, 3.05) is 13.1 Å². The molecule has 1 aromatic heterocycles. The minimum Gasteiger partial charge on any atom is -0.485 e. The Morgan fingerprint density at radius 3 is 2.84 bits per heavy atom. The topological polar surface area (TPSA) is 51.2 Å². The molecule has 0 aliphatic carbocycles. The zero-order chi connectivity index (χ0) is 18.0. The highest BCUT2D eigenvalue weighted by Gasteiger charge is 2.30. The van der Waals surface area contributed by atoms with Crippen LogP contribution in [0.4, 0.5) is 4.39 Å². The molecule has 0 amide bonds. The molecule has 3 rings (SSSR count). The van der Waals surface area contributed by atoms with Gasteiger partial charge in [-0.05, 0) is 38.1 Å². The van der Waals surface area contributed by atoms with Crippen LogP contribution in [0.3, 0.4) is 0 Å². The van der Waals surface area contributed by atoms with Crippen LogP contribution < -0.4 is 10.1 Å². The van der Waals surface area contributed by atoms with Crippen molar-refractivity contribution in [2.45, 2.75) is 19.4 Å². The summed E-state index contributed by atoms with van der Waals surface area (Å²) >= 11 is 12.2. The average molecular weight is 383 g/mol. The van der Waals surface area contributed by atoms with Gasteiger partial charge in [0.25, 0.3) is 0 Å². The first-order valence-electron chi connectivity index (χ1n) is 7.94. The molecule has 0 saturated carbocycles. The minimum absolute atomic E-state index is 0.123. The molecule has 132 valence electrons. The molecule has 2 unspecified atom stereocenters. The number of nitrogens with zero attached hydrogens (tertiary/aromatic N) is 1. The zero-order valence-electron chi connectivity index (χ0n) is 13.6. The molecule has 0 bridgehead atoms. The summed E-state index contributed by atoms with van der Waals surface area (Å²) < 4.78 is 19.8. The van der Waals surface area contributed by atoms with E-state index in [9.17, 15) is 9.18 Å². The summed E-state index contributed by atoms with van der Waals surface area (Å²) in [6.45, 7) is 2.99. The number of hydrogen-bond donors (Lipinski definition) is 1. The van der Waals surface area contributed by atoms with Crippen LogP contribution in [0.15, 0.2) is 30.6 Å². The van der Waals surface area contributed by atoms with E-state index in [1.807, 2.05) is 0 Å². The van der Waals surface area contributed by atoms with Crippen LogP contribution in [0, 0.1) is 11.7 Å². The minimum atomic E-state index is -0.450. The van der Waals surface area contributed by atoms with Gasteiger partial charge in [0.1, 0.15) is 17.7 Å². The lowest BCUT2D eigenvalue weighted by Crippen LogP contribution is -2.22. The number of Topliss-reactive ketones (excluding diaryl/α,β-unsaturated/α-hetero) is 1. The summed E-state index contributed by atoms with van der Waals surface area (Å²) in [7, 11) is 0. The predicted molar refractivity (Wildman–Crippen MR) is 95.0 cm³/mol. The average Bonchev–Trinajstić information content (AvgIpc) is 3.09. The maximum atomic E-state index is 13.7. The Bertz CT molecular complexity index is 795. The number of nitrogens with one attached hydrogen (secondary N) is 1. The van der Waals surface area contributed by atoms with E-state index in [2.05, 4.69) is 10.3 Å². The molecule has 2 atom stereocenters. The zero-order valence-corrected chi connectivity index (χ0v) is 15.1. The Labute approximate surface area is 155 Å². The van der Waals surface area contributed by atoms with Crippen molar-refractivity contribution in [3.63, 3.8) is 0 Å². The van der Waals surface area contributed by atoms with Gasteiger partial charge in [-0.2, -0.15) is 0 Å². The molecule has 2 aromatic rings. The molecular weight excluding hydrogens is 366 g/mol. The second-order valence-corrected chi connectivity index (χ2v) is 6.80. The monoisotopic (exact) mass is 382 g/mol. The first-order valence-corrected chi connectivity index (χ1v) is 8.69. The van der Waals surface area contributed by atoms with Gasteiger partial charge in [-0.15, -0.1) is 0 Å². The van der Waals surface area contributed by atoms with Gasteiger partial charge in [0.15, 0.2) is 5.78 Å². The van der Waals surface area contributed by atoms with E-state index < -0.39 is 11.9 Å². The van der Waals surface area contributed by atoms with Gasteiger partial charge >= 0.3 is 0 Å². The summed E-state index contributed by atoms with van der Waals surface area (Å²) in [6, 6.07) is 4.60. The lowest BCUT2D eigenvalue weighted by molar-refractivity contribution is 0.0997. The Morgan fingerprint density at radius 1 is 1.40 bits per heavy atom. The summed E-state index contributed by atoms with van der Waals surface area (Å²) in [6.07, 6.45) is 3.15. The molecule has 1 saturated heterocycles. The van der Waals surface area contributed by atoms with Crippen LogP contribution in [0.5, 0.6) is 5.75 Å². The van der Waals surface area contributed by atoms with E-state index in [4.69, 9.17) is 27.9 Å². The molecule has 0 radical (unpaired) electrons. The highest BCUT2D eigenvalue weighted by Crippen LogP contribution is 2.38. The molecule has 1 N–H and O–H groups in total. The molecule has 25 heavy (non-hydrogen) atoms. The fraction of sp³-hybridized carbons (Fsp3) is 0.333. The smallest absolute Gasteiger partial charge is 0.165 e. The molecule has 0 spiro atoms. The van der Waals surface area contributed by atoms with Gasteiger partial charge in [0.05, 0.1) is 21.8 Å². The van der Waals surface area contributed by atoms with E-state index in [1.54, 1.807) is 18.3 Å². The predicted octanol–water partition coefficient (Wildman–Crippen LogP) is 4.46. The quantitative estimate of drug-likeness (QED) is 0.775. The Balaban J connectivity index is 2.01. The Hall–Kier alpha value is -1.69. The Kier molecular flexibility index (Phi) is 5.57. The number of rotatable bonds is 5. The SMILES string of the molecule is CC(=O)c1c(OC(c2cncc(F)c2)C2CCNC2)ccc(Cl)c1Cl. The molecule has 4 nitrogen and oxygen atoms in total. The van der Waals surface area contributed by atoms with Crippen LogP contribution in [-0.2, 0) is 0 Å². The maximum Gasteiger partial charge on any atom is 0.165 e. The van der Waals surface area contributed by atoms with E-state index in [0.29, 0.717) is 11.3 Å². The fourth-order valence-electron chi connectivity index (χ4n) is 3.05. The van der Waals surface area contributed by atoms with E-state index in [-0.39, 0.29) is 27.3 Å². The van der Waals surface area contributed by atoms with Gasteiger partial charge in [0.2, 0.25) is 0 Å². The van der Waals surface area contributed by atoms with Gasteiger partial charge in [-0.25, -0.2) is 4.39 Å². The van der Waals surface area contributed by atoms with Gasteiger partial charge in [-0.3, -0.25) is 9.78 Å². The number of benzene rings is 1. The van der Waals surface area contributed by atoms with E-state index >= 15 is 0 Å². The Morgan fingerprint density at radius 2 is 2.20 bits per heavy atom. The summed E-state index contributed by atoms with van der Waals surface area (Å²) in [5.74, 6) is -0.220. The first-order chi connectivity index (χ1) is 12.0. The van der Waals surface area contributed by atoms with Gasteiger partial charge < -0.3 is 10.1 Å². The van der Waals surface area contributed by atoms with E-state index in [0.717, 1.165) is 25.7 Å². The van der Waals surface area contributed by atoms with Gasteiger partial charge in [-0.1, -0.05) is 23.2 Å². The molecule has 1 fully saturated rings. The van der Waals surface area contributed by atoms with Crippen molar-refractivity contribution in [3.05, 3.63) is 57.6 Å². The van der Waals surface area contributed by atoms with Crippen molar-refractivity contribution >= 4 is 29.0 Å². The highest BCUT2D eigenvalue weighted by atomic mass is 35.5. The molecule has 1 aromatic carbocycles. The number of ether oxygens (including phenoxy) is 1. The second-order valence-electron chi connectivity index (χ2n) is 6.02. The van der Waals surface area contributed by atoms with Crippen molar-refractivity contribution < 1.29 is 13.9 Å². The lowest BCUT2D eigenvalue weighted by atomic mass is 9.95. The fourth-order valence-corrected chi connectivity index (χ4v) is 3.50. The molecule has 2 heterocycles. The second kappa shape index (κ2) is 7.68. The summed E-state index contributed by atoms with van der Waals surface area (Å²) in [5, 5.41) is 3.72. The van der Waals surface area contributed by atoms with Crippen molar-refractivity contribution in [2.24, 2.45) is 5.92 Å². The van der Waals surface area contributed by atoms with Crippen molar-refractivity contribution in [1.82, 2.24) is 10.3 Å². The molecular formula is C18H17Cl2FN2O2. The number of carbonyl (C=O) groups is 1. The van der Waals surface area contributed by atoms with Crippen molar-refractivity contribution in [3.8, 4) is 5.75 Å². The third kappa shape index (κ3) is 3.94.